The van der Waals surface area contributed by atoms with Crippen LogP contribution in [-0.2, 0) is 16.3 Å². The van der Waals surface area contributed by atoms with Crippen LogP contribution in [0.5, 0.6) is 0 Å². The Bertz CT molecular complexity index is 1620. The zero-order chi connectivity index (χ0) is 31.2. The lowest BCUT2D eigenvalue weighted by atomic mass is 9.82. The minimum Gasteiger partial charge on any atom is -0.359 e. The van der Waals surface area contributed by atoms with Gasteiger partial charge < -0.3 is 15.0 Å². The Morgan fingerprint density at radius 2 is 1.70 bits per heavy atom. The van der Waals surface area contributed by atoms with Gasteiger partial charge in [0.05, 0.1) is 12.3 Å². The second-order valence-electron chi connectivity index (χ2n) is 14.8. The number of hydrogen-bond acceptors (Lipinski definition) is 8. The van der Waals surface area contributed by atoms with Crippen molar-refractivity contribution in [2.75, 3.05) is 42.7 Å². The Labute approximate surface area is 259 Å². The minimum atomic E-state index is -1.60. The van der Waals surface area contributed by atoms with Crippen LogP contribution >= 0.6 is 9.16 Å². The summed E-state index contributed by atoms with van der Waals surface area (Å²) in [6.07, 6.45) is 14.1. The second-order valence-corrected chi connectivity index (χ2v) is 23.2. The van der Waals surface area contributed by atoms with Crippen LogP contribution in [0.3, 0.4) is 0 Å². The van der Waals surface area contributed by atoms with Crippen molar-refractivity contribution in [3.05, 3.63) is 47.2 Å². The molecule has 238 valence electrons. The maximum Gasteiger partial charge on any atom is 0.235 e. The van der Waals surface area contributed by atoms with Crippen molar-refractivity contribution in [2.45, 2.75) is 59.1 Å². The molecule has 1 aromatic carbocycles. The molecule has 2 saturated carbocycles. The van der Waals surface area contributed by atoms with Gasteiger partial charge in [0, 0.05) is 16.9 Å². The first-order valence-electron chi connectivity index (χ1n) is 15.6. The average molecular weight is 623 g/mol. The third-order valence-corrected chi connectivity index (χ3v) is 10.8. The second kappa shape index (κ2) is 11.4. The lowest BCUT2D eigenvalue weighted by Crippen LogP contribution is -2.31. The van der Waals surface area contributed by atoms with Gasteiger partial charge in [-0.05, 0) is 118 Å². The first kappa shape index (κ1) is 30.5. The van der Waals surface area contributed by atoms with Gasteiger partial charge in [-0.2, -0.15) is 5.10 Å². The predicted octanol–water partition coefficient (Wildman–Crippen LogP) is 5.37. The highest BCUT2D eigenvalue weighted by Gasteiger charge is 2.49. The van der Waals surface area contributed by atoms with Crippen LogP contribution in [0.25, 0.3) is 22.6 Å². The van der Waals surface area contributed by atoms with E-state index >= 15 is 0 Å². The van der Waals surface area contributed by atoms with Gasteiger partial charge in [-0.1, -0.05) is 17.3 Å². The number of carbonyl (C=O) groups is 1. The summed E-state index contributed by atoms with van der Waals surface area (Å²) in [7, 11) is -1.60. The zero-order valence-corrected chi connectivity index (χ0v) is 27.8. The van der Waals surface area contributed by atoms with E-state index in [1.807, 2.05) is 35.9 Å². The molecule has 1 amide bonds. The molecule has 2 N–H and O–H groups in total. The van der Waals surface area contributed by atoms with E-state index in [1.165, 1.54) is 0 Å². The van der Waals surface area contributed by atoms with E-state index in [0.29, 0.717) is 41.6 Å². The molecular weight excluding hydrogens is 576 g/mol. The van der Waals surface area contributed by atoms with Crippen molar-refractivity contribution < 1.29 is 14.2 Å². The minimum absolute atomic E-state index is 0.0661. The first-order valence-corrected chi connectivity index (χ1v) is 19.8. The highest BCUT2D eigenvalue weighted by molar-refractivity contribution is 8.47. The number of amides is 1. The van der Waals surface area contributed by atoms with Gasteiger partial charge in [0.1, 0.15) is 24.2 Å². The van der Waals surface area contributed by atoms with Crippen molar-refractivity contribution in [3.63, 3.8) is 0 Å². The Hall–Kier alpha value is -3.51. The van der Waals surface area contributed by atoms with Crippen molar-refractivity contribution in [3.8, 4) is 22.6 Å². The van der Waals surface area contributed by atoms with E-state index in [0.717, 1.165) is 66.2 Å². The number of nitrogens with one attached hydrogen (secondary N) is 2. The monoisotopic (exact) mass is 622 g/mol. The molecule has 2 fully saturated rings. The summed E-state index contributed by atoms with van der Waals surface area (Å²) < 4.78 is 12.8. The standard InChI is InChI=1S/C32H46N8O3S/c1-19-26(21(3)40(37-19)18-42-16-17-44(4,5,6)7)22-12-14-25(15-13-22)33-32(41)28(27(23-8-9-23)24-10-11-24)30-34-31(36-35-30)29-20(2)38-43-39-29/h12-15,23-24,27-28,44H,8-11,16-18H2,1-7H3,(H,33,41)(H,34,35,36). The zero-order valence-electron chi connectivity index (χ0n) is 26.9. The maximum absolute atomic E-state index is 14.0. The Kier molecular flexibility index (Phi) is 7.94. The van der Waals surface area contributed by atoms with Crippen LogP contribution < -0.4 is 5.32 Å². The normalized spacial score (nSPS) is 17.0. The molecule has 0 spiro atoms. The number of benzene rings is 1. The molecule has 0 bridgehead atoms. The first-order chi connectivity index (χ1) is 20.8. The van der Waals surface area contributed by atoms with Crippen LogP contribution in [-0.4, -0.2) is 78.6 Å². The van der Waals surface area contributed by atoms with Gasteiger partial charge in [-0.25, -0.2) is 9.31 Å². The molecule has 0 saturated heterocycles. The number of anilines is 1. The molecule has 0 radical (unpaired) electrons. The number of hydrogen-bond donors (Lipinski definition) is 3. The summed E-state index contributed by atoms with van der Waals surface area (Å²) in [5, 5.41) is 24.5. The Morgan fingerprint density at radius 3 is 2.30 bits per heavy atom. The average Bonchev–Trinajstić information content (AvgIpc) is 3.86. The summed E-state index contributed by atoms with van der Waals surface area (Å²) in [6.45, 7) is 7.08. The molecule has 12 heteroatoms. The van der Waals surface area contributed by atoms with Crippen LogP contribution in [0.4, 0.5) is 5.69 Å². The number of thiol groups is 1. The van der Waals surface area contributed by atoms with Crippen LogP contribution in [0.15, 0.2) is 28.9 Å². The van der Waals surface area contributed by atoms with Crippen LogP contribution in [0.1, 0.15) is 54.5 Å². The largest absolute Gasteiger partial charge is 0.359 e. The number of ether oxygens (including phenoxy) is 1. The third-order valence-electron chi connectivity index (χ3n) is 8.84. The fourth-order valence-corrected chi connectivity index (χ4v) is 6.96. The van der Waals surface area contributed by atoms with Gasteiger partial charge in [-0.3, -0.25) is 14.0 Å². The molecule has 2 aliphatic carbocycles. The lowest BCUT2D eigenvalue weighted by molar-refractivity contribution is -0.119. The van der Waals surface area contributed by atoms with Gasteiger partial charge in [0.25, 0.3) is 0 Å². The molecule has 0 aliphatic heterocycles. The highest BCUT2D eigenvalue weighted by Crippen LogP contribution is 2.55. The molecule has 2 aliphatic rings. The molecule has 6 rings (SSSR count). The number of aryl methyl sites for hydroxylation is 2. The van der Waals surface area contributed by atoms with Gasteiger partial charge in [0.15, 0.2) is 11.5 Å². The molecule has 4 aromatic rings. The molecule has 3 heterocycles. The Morgan fingerprint density at radius 1 is 1.02 bits per heavy atom. The molecule has 3 aromatic heterocycles. The number of H-pyrrole nitrogens is 1. The summed E-state index contributed by atoms with van der Waals surface area (Å²) >= 11 is 0. The molecule has 44 heavy (non-hydrogen) atoms. The SMILES string of the molecule is Cc1nonc1-c1nnc(C(C(=O)Nc2ccc(-c3c(C)nn(COCC[SH](C)(C)(C)C)c3C)cc2)C(C2CC2)C2CC2)[nH]1. The molecular formula is C32H46N8O3S. The Balaban J connectivity index is 1.17. The predicted molar refractivity (Wildman–Crippen MR) is 175 cm³/mol. The fourth-order valence-electron chi connectivity index (χ4n) is 6.10. The van der Waals surface area contributed by atoms with Gasteiger partial charge in [-0.15, -0.1) is 10.2 Å². The molecule has 1 unspecified atom stereocenters. The maximum atomic E-state index is 14.0. The summed E-state index contributed by atoms with van der Waals surface area (Å²) in [5.74, 6) is 2.94. The number of aromatic nitrogens is 7. The molecule has 1 atom stereocenters. The lowest BCUT2D eigenvalue weighted by Gasteiger charge is -2.46. The summed E-state index contributed by atoms with van der Waals surface area (Å²) in [6, 6.07) is 8.02. The fraction of sp³-hybridized carbons (Fsp3) is 0.562. The van der Waals surface area contributed by atoms with Crippen molar-refractivity contribution in [1.29, 1.82) is 0 Å². The van der Waals surface area contributed by atoms with Crippen molar-refractivity contribution in [1.82, 2.24) is 35.3 Å². The highest BCUT2D eigenvalue weighted by atomic mass is 32.3. The number of aromatic amines is 1. The smallest absolute Gasteiger partial charge is 0.235 e. The van der Waals surface area contributed by atoms with E-state index in [-0.39, 0.29) is 11.8 Å². The quantitative estimate of drug-likeness (QED) is 0.134. The van der Waals surface area contributed by atoms with Gasteiger partial charge in [0.2, 0.25) is 5.91 Å². The van der Waals surface area contributed by atoms with Crippen molar-refractivity contribution >= 4 is 20.8 Å². The van der Waals surface area contributed by atoms with E-state index < -0.39 is 15.1 Å². The van der Waals surface area contributed by atoms with Crippen LogP contribution in [0, 0.1) is 38.5 Å². The van der Waals surface area contributed by atoms with Gasteiger partial charge >= 0.3 is 0 Å². The van der Waals surface area contributed by atoms with Crippen LogP contribution in [0.2, 0.25) is 0 Å². The van der Waals surface area contributed by atoms with Crippen molar-refractivity contribution in [2.24, 2.45) is 17.8 Å². The summed E-state index contributed by atoms with van der Waals surface area (Å²) in [4.78, 5) is 17.3. The van der Waals surface area contributed by atoms with E-state index in [1.54, 1.807) is 6.92 Å². The number of carbonyl (C=O) groups excluding carboxylic acids is 1. The van der Waals surface area contributed by atoms with E-state index in [4.69, 9.17) is 14.5 Å². The van der Waals surface area contributed by atoms with E-state index in [9.17, 15) is 4.79 Å². The van der Waals surface area contributed by atoms with E-state index in [2.05, 4.69) is 62.8 Å². The number of nitrogens with zero attached hydrogens (tertiary/aromatic N) is 6. The number of rotatable bonds is 13. The third kappa shape index (κ3) is 6.91. The topological polar surface area (TPSA) is 137 Å². The molecule has 11 nitrogen and oxygen atoms in total. The summed E-state index contributed by atoms with van der Waals surface area (Å²) in [5.41, 5.74) is 6.04.